The minimum atomic E-state index is -0.767. The highest BCUT2D eigenvalue weighted by molar-refractivity contribution is 7.17. The van der Waals surface area contributed by atoms with Crippen molar-refractivity contribution in [1.82, 2.24) is 4.90 Å². The van der Waals surface area contributed by atoms with Gasteiger partial charge in [0.15, 0.2) is 5.76 Å². The number of carbonyl (C=O) groups excluding carboxylic acids is 3. The van der Waals surface area contributed by atoms with E-state index in [0.29, 0.717) is 23.4 Å². The number of methoxy groups -OCH3 is 1. The Bertz CT molecular complexity index is 948. The van der Waals surface area contributed by atoms with Crippen LogP contribution in [-0.4, -0.2) is 41.4 Å². The number of ether oxygens (including phenoxy) is 1. The van der Waals surface area contributed by atoms with Crippen molar-refractivity contribution < 1.29 is 28.5 Å². The average Bonchev–Trinajstić information content (AvgIpc) is 3.24. The van der Waals surface area contributed by atoms with E-state index in [4.69, 9.17) is 14.9 Å². The Morgan fingerprint density at radius 2 is 2.15 bits per heavy atom. The Balaban J connectivity index is 1.88. The molecule has 11 nitrogen and oxygen atoms in total. The van der Waals surface area contributed by atoms with E-state index in [-0.39, 0.29) is 22.9 Å². The van der Waals surface area contributed by atoms with Crippen molar-refractivity contribution in [1.29, 1.82) is 0 Å². The number of anilines is 1. The summed E-state index contributed by atoms with van der Waals surface area (Å²) in [6.07, 6.45) is -0.121. The molecular weight excluding hydrogens is 380 g/mol. The number of fused-ring (bicyclic) bond motifs is 1. The van der Waals surface area contributed by atoms with Gasteiger partial charge in [0.2, 0.25) is 0 Å². The maximum atomic E-state index is 12.3. The van der Waals surface area contributed by atoms with Crippen molar-refractivity contribution in [2.24, 2.45) is 5.73 Å². The number of nitrogens with one attached hydrogen (secondary N) is 1. The zero-order valence-electron chi connectivity index (χ0n) is 14.0. The first-order valence-electron chi connectivity index (χ1n) is 7.64. The molecule has 0 fully saturated rings. The van der Waals surface area contributed by atoms with Gasteiger partial charge < -0.3 is 25.1 Å². The van der Waals surface area contributed by atoms with E-state index in [1.807, 2.05) is 0 Å². The summed E-state index contributed by atoms with van der Waals surface area (Å²) in [5.41, 5.74) is 6.28. The molecule has 27 heavy (non-hydrogen) atoms. The molecule has 0 aliphatic carbocycles. The highest BCUT2D eigenvalue weighted by atomic mass is 32.1. The van der Waals surface area contributed by atoms with Crippen LogP contribution < -0.4 is 11.1 Å². The van der Waals surface area contributed by atoms with Gasteiger partial charge in [-0.05, 0) is 18.1 Å². The van der Waals surface area contributed by atoms with Crippen LogP contribution in [0, 0.1) is 10.1 Å². The molecule has 3 rings (SSSR count). The van der Waals surface area contributed by atoms with Crippen LogP contribution in [0.25, 0.3) is 0 Å². The third-order valence-electron chi connectivity index (χ3n) is 3.96. The van der Waals surface area contributed by atoms with Crippen LogP contribution in [0.3, 0.4) is 0 Å². The fourth-order valence-electron chi connectivity index (χ4n) is 2.75. The number of furan rings is 1. The lowest BCUT2D eigenvalue weighted by Crippen LogP contribution is -2.35. The zero-order valence-corrected chi connectivity index (χ0v) is 14.8. The van der Waals surface area contributed by atoms with Gasteiger partial charge in [-0.15, -0.1) is 11.3 Å². The van der Waals surface area contributed by atoms with Gasteiger partial charge in [-0.3, -0.25) is 19.7 Å². The normalized spacial score (nSPS) is 13.0. The first kappa shape index (κ1) is 18.4. The van der Waals surface area contributed by atoms with Gasteiger partial charge >= 0.3 is 12.0 Å². The number of nitro groups is 1. The quantitative estimate of drug-likeness (QED) is 0.590. The molecule has 2 aromatic rings. The molecule has 0 saturated heterocycles. The van der Waals surface area contributed by atoms with Gasteiger partial charge in [-0.1, -0.05) is 0 Å². The molecule has 2 aromatic heterocycles. The highest BCUT2D eigenvalue weighted by Gasteiger charge is 2.30. The standard InChI is InChI=1S/C15H14N4O7S/c1-25-15(22)18-5-4-7-9(6-18)27-14(11(7)12(16)20)17-13(21)8-2-3-10(26-8)19(23)24/h2-3H,4-6H2,1H3,(H2,16,20)(H,17,21). The summed E-state index contributed by atoms with van der Waals surface area (Å²) in [6, 6.07) is 2.21. The van der Waals surface area contributed by atoms with E-state index < -0.39 is 28.7 Å². The van der Waals surface area contributed by atoms with Gasteiger partial charge in [0.05, 0.1) is 25.3 Å². The number of primary amides is 1. The molecular formula is C15H14N4O7S. The second kappa shape index (κ2) is 7.07. The summed E-state index contributed by atoms with van der Waals surface area (Å²) < 4.78 is 9.55. The Morgan fingerprint density at radius 1 is 1.41 bits per heavy atom. The van der Waals surface area contributed by atoms with Crippen LogP contribution in [0.5, 0.6) is 0 Å². The third kappa shape index (κ3) is 3.46. The lowest BCUT2D eigenvalue weighted by molar-refractivity contribution is -0.402. The van der Waals surface area contributed by atoms with Crippen LogP contribution in [-0.2, 0) is 17.7 Å². The molecule has 0 radical (unpaired) electrons. The molecule has 0 spiro atoms. The molecule has 0 bridgehead atoms. The summed E-state index contributed by atoms with van der Waals surface area (Å²) >= 11 is 1.10. The molecule has 3 amide bonds. The Morgan fingerprint density at radius 3 is 2.74 bits per heavy atom. The number of rotatable bonds is 4. The molecule has 0 aromatic carbocycles. The second-order valence-electron chi connectivity index (χ2n) is 5.56. The van der Waals surface area contributed by atoms with Gasteiger partial charge in [0, 0.05) is 11.4 Å². The number of amides is 3. The smallest absolute Gasteiger partial charge is 0.433 e. The predicted octanol–water partition coefficient (Wildman–Crippen LogP) is 1.73. The maximum absolute atomic E-state index is 12.3. The Kier molecular flexibility index (Phi) is 4.81. The fraction of sp³-hybridized carbons (Fsp3) is 0.267. The number of nitrogens with two attached hydrogens (primary N) is 1. The minimum absolute atomic E-state index is 0.161. The summed E-state index contributed by atoms with van der Waals surface area (Å²) in [4.78, 5) is 48.0. The molecule has 3 N–H and O–H groups in total. The summed E-state index contributed by atoms with van der Waals surface area (Å²) in [6.45, 7) is 0.559. The van der Waals surface area contributed by atoms with Crippen LogP contribution in [0.4, 0.5) is 15.7 Å². The lowest BCUT2D eigenvalue weighted by Gasteiger charge is -2.25. The Hall–Kier alpha value is -3.41. The first-order valence-corrected chi connectivity index (χ1v) is 8.46. The largest absolute Gasteiger partial charge is 0.453 e. The lowest BCUT2D eigenvalue weighted by atomic mass is 10.0. The number of hydrogen-bond acceptors (Lipinski definition) is 8. The molecule has 1 aliphatic rings. The molecule has 0 saturated carbocycles. The Labute approximate surface area is 155 Å². The van der Waals surface area contributed by atoms with Crippen molar-refractivity contribution in [3.63, 3.8) is 0 Å². The number of carbonyl (C=O) groups is 3. The zero-order chi connectivity index (χ0) is 19.7. The van der Waals surface area contributed by atoms with Crippen molar-refractivity contribution in [2.45, 2.75) is 13.0 Å². The van der Waals surface area contributed by atoms with Gasteiger partial charge in [0.1, 0.15) is 9.92 Å². The van der Waals surface area contributed by atoms with Crippen molar-refractivity contribution >= 4 is 40.1 Å². The topological polar surface area (TPSA) is 158 Å². The first-order chi connectivity index (χ1) is 12.8. The second-order valence-corrected chi connectivity index (χ2v) is 6.67. The molecule has 0 atom stereocenters. The monoisotopic (exact) mass is 394 g/mol. The number of hydrogen-bond donors (Lipinski definition) is 2. The van der Waals surface area contributed by atoms with Crippen molar-refractivity contribution in [3.8, 4) is 0 Å². The average molecular weight is 394 g/mol. The van der Waals surface area contributed by atoms with Crippen LogP contribution in [0.15, 0.2) is 16.5 Å². The highest BCUT2D eigenvalue weighted by Crippen LogP contribution is 2.37. The van der Waals surface area contributed by atoms with E-state index in [0.717, 1.165) is 23.5 Å². The maximum Gasteiger partial charge on any atom is 0.433 e. The molecule has 3 heterocycles. The van der Waals surface area contributed by atoms with E-state index in [1.54, 1.807) is 0 Å². The third-order valence-corrected chi connectivity index (χ3v) is 5.09. The van der Waals surface area contributed by atoms with Gasteiger partial charge in [0.25, 0.3) is 11.8 Å². The summed E-state index contributed by atoms with van der Waals surface area (Å²) in [5, 5.41) is 13.4. The van der Waals surface area contributed by atoms with Crippen molar-refractivity contribution in [3.05, 3.63) is 44.0 Å². The van der Waals surface area contributed by atoms with E-state index in [9.17, 15) is 24.5 Å². The van der Waals surface area contributed by atoms with E-state index in [2.05, 4.69) is 5.32 Å². The van der Waals surface area contributed by atoms with Crippen LogP contribution in [0.1, 0.15) is 31.4 Å². The van der Waals surface area contributed by atoms with Crippen molar-refractivity contribution in [2.75, 3.05) is 19.0 Å². The molecule has 12 heteroatoms. The van der Waals surface area contributed by atoms with Crippen LogP contribution >= 0.6 is 11.3 Å². The molecule has 0 unspecified atom stereocenters. The van der Waals surface area contributed by atoms with E-state index in [1.165, 1.54) is 12.0 Å². The number of nitrogens with zero attached hydrogens (tertiary/aromatic N) is 2. The predicted molar refractivity (Wildman–Crippen MR) is 92.7 cm³/mol. The number of thiophene rings is 1. The minimum Gasteiger partial charge on any atom is -0.453 e. The van der Waals surface area contributed by atoms with E-state index >= 15 is 0 Å². The van der Waals surface area contributed by atoms with Crippen LogP contribution in [0.2, 0.25) is 0 Å². The summed E-state index contributed by atoms with van der Waals surface area (Å²) in [7, 11) is 1.27. The van der Waals surface area contributed by atoms with Gasteiger partial charge in [-0.25, -0.2) is 4.79 Å². The SMILES string of the molecule is COC(=O)N1CCc2c(sc(NC(=O)c3ccc([N+](=O)[O-])o3)c2C(N)=O)C1. The fourth-order valence-corrected chi connectivity index (χ4v) is 4.01. The summed E-state index contributed by atoms with van der Waals surface area (Å²) in [5.74, 6) is -2.33. The van der Waals surface area contributed by atoms with Gasteiger partial charge in [-0.2, -0.15) is 0 Å². The molecule has 1 aliphatic heterocycles. The molecule has 142 valence electrons.